The number of benzene rings is 2. The average Bonchev–Trinajstić information content (AvgIpc) is 3.01. The van der Waals surface area contributed by atoms with Crippen LogP contribution >= 0.6 is 23.2 Å². The van der Waals surface area contributed by atoms with E-state index in [0.29, 0.717) is 27.3 Å². The lowest BCUT2D eigenvalue weighted by Gasteiger charge is -2.05. The van der Waals surface area contributed by atoms with Gasteiger partial charge in [-0.1, -0.05) is 35.3 Å². The molecule has 0 fully saturated rings. The molecule has 0 saturated carbocycles. The van der Waals surface area contributed by atoms with Crippen LogP contribution in [0.15, 0.2) is 51.4 Å². The molecule has 0 aliphatic heterocycles. The Kier molecular flexibility index (Phi) is 4.46. The van der Waals surface area contributed by atoms with Gasteiger partial charge in [0.05, 0.1) is 21.2 Å². The molecule has 0 radical (unpaired) electrons. The highest BCUT2D eigenvalue weighted by Gasteiger charge is 2.12. The maximum absolute atomic E-state index is 12.4. The monoisotopic (exact) mass is 414 g/mol. The minimum absolute atomic E-state index is 0.153. The highest BCUT2D eigenvalue weighted by atomic mass is 35.5. The van der Waals surface area contributed by atoms with E-state index in [0.717, 1.165) is 0 Å². The fourth-order valence-electron chi connectivity index (χ4n) is 2.55. The first-order valence-corrected chi connectivity index (χ1v) is 8.69. The van der Waals surface area contributed by atoms with E-state index >= 15 is 0 Å². The van der Waals surface area contributed by atoms with Crippen molar-refractivity contribution in [2.45, 2.75) is 0 Å². The summed E-state index contributed by atoms with van der Waals surface area (Å²) in [7, 11) is 0. The lowest BCUT2D eigenvalue weighted by atomic mass is 10.1. The number of azo groups is 1. The van der Waals surface area contributed by atoms with Crippen LogP contribution in [0.3, 0.4) is 0 Å². The Balaban J connectivity index is 1.70. The van der Waals surface area contributed by atoms with Crippen molar-refractivity contribution in [1.82, 2.24) is 20.2 Å². The van der Waals surface area contributed by atoms with Crippen molar-refractivity contribution in [3.63, 3.8) is 0 Å². The number of nitrogens with one attached hydrogen (secondary N) is 2. The van der Waals surface area contributed by atoms with Gasteiger partial charge in [0.1, 0.15) is 17.0 Å². The Hall–Kier alpha value is -3.43. The first-order valence-electron chi connectivity index (χ1n) is 7.93. The lowest BCUT2D eigenvalue weighted by molar-refractivity contribution is 1.11. The Bertz CT molecular complexity index is 1260. The van der Waals surface area contributed by atoms with Crippen molar-refractivity contribution >= 4 is 57.2 Å². The Morgan fingerprint density at radius 3 is 2.43 bits per heavy atom. The fourth-order valence-corrected chi connectivity index (χ4v) is 2.91. The number of hydrogen-bond acceptors (Lipinski definition) is 7. The van der Waals surface area contributed by atoms with Crippen molar-refractivity contribution in [1.29, 1.82) is 0 Å². The normalized spacial score (nSPS) is 11.5. The van der Waals surface area contributed by atoms with E-state index in [1.807, 2.05) is 0 Å². The van der Waals surface area contributed by atoms with Gasteiger partial charge in [0.2, 0.25) is 0 Å². The van der Waals surface area contributed by atoms with E-state index in [-0.39, 0.29) is 33.6 Å². The molecule has 2 heterocycles. The van der Waals surface area contributed by atoms with Crippen molar-refractivity contribution in [3.8, 4) is 11.3 Å². The topological polar surface area (TPSA) is 151 Å². The summed E-state index contributed by atoms with van der Waals surface area (Å²) < 4.78 is 0. The third-order valence-corrected chi connectivity index (χ3v) is 4.75. The second-order valence-corrected chi connectivity index (χ2v) is 6.58. The third-order valence-electron chi connectivity index (χ3n) is 3.96. The first-order chi connectivity index (χ1) is 13.4. The van der Waals surface area contributed by atoms with Gasteiger partial charge in [0.25, 0.3) is 5.56 Å². The molecule has 11 heteroatoms. The number of H-pyrrole nitrogens is 2. The summed E-state index contributed by atoms with van der Waals surface area (Å²) in [4.78, 5) is 19.5. The van der Waals surface area contributed by atoms with E-state index < -0.39 is 0 Å². The zero-order valence-corrected chi connectivity index (χ0v) is 15.6. The van der Waals surface area contributed by atoms with Crippen LogP contribution in [-0.2, 0) is 0 Å². The molecular formula is C17H12Cl2N8O. The van der Waals surface area contributed by atoms with Gasteiger partial charge < -0.3 is 16.5 Å². The smallest absolute Gasteiger partial charge is 0.274 e. The Labute approximate surface area is 167 Å². The highest BCUT2D eigenvalue weighted by molar-refractivity contribution is 6.44. The summed E-state index contributed by atoms with van der Waals surface area (Å²) in [5, 5.41) is 14.9. The highest BCUT2D eigenvalue weighted by Crippen LogP contribution is 2.30. The lowest BCUT2D eigenvalue weighted by Crippen LogP contribution is -2.11. The van der Waals surface area contributed by atoms with Crippen molar-refractivity contribution in [2.75, 3.05) is 11.5 Å². The molecule has 2 aromatic carbocycles. The Morgan fingerprint density at radius 2 is 1.75 bits per heavy atom. The molecule has 0 saturated heterocycles. The molecule has 0 amide bonds. The van der Waals surface area contributed by atoms with Crippen LogP contribution in [0.2, 0.25) is 10.0 Å². The molecule has 0 aliphatic carbocycles. The molecule has 0 atom stereocenters. The van der Waals surface area contributed by atoms with E-state index in [4.69, 9.17) is 34.7 Å². The molecular weight excluding hydrogens is 403 g/mol. The van der Waals surface area contributed by atoms with Gasteiger partial charge in [-0.3, -0.25) is 9.89 Å². The van der Waals surface area contributed by atoms with Gasteiger partial charge in [0.15, 0.2) is 11.5 Å². The number of nitrogens with zero attached hydrogens (tertiary/aromatic N) is 4. The van der Waals surface area contributed by atoms with E-state index in [1.165, 1.54) is 0 Å². The summed E-state index contributed by atoms with van der Waals surface area (Å²) in [6, 6.07) is 9.99. The molecule has 0 aliphatic rings. The zero-order chi connectivity index (χ0) is 19.8. The first kappa shape index (κ1) is 18.0. The summed E-state index contributed by atoms with van der Waals surface area (Å²) >= 11 is 12.2. The standard InChI is InChI=1S/C17H12Cl2N8O/c18-9-5-6-10-13(11(9)19)23-12(17(28)22-10)7-1-3-8(4-2-7)24-25-14-15(20)26-27-16(14)21/h1-6H,(H,22,28)(H5,20,21,26,27). The Morgan fingerprint density at radius 1 is 1.00 bits per heavy atom. The summed E-state index contributed by atoms with van der Waals surface area (Å²) in [5.74, 6) is 0.376. The minimum Gasteiger partial charge on any atom is -0.382 e. The molecule has 4 rings (SSSR count). The number of aromatic nitrogens is 4. The van der Waals surface area contributed by atoms with Gasteiger partial charge in [-0.2, -0.15) is 10.2 Å². The van der Waals surface area contributed by atoms with Crippen LogP contribution in [0.1, 0.15) is 0 Å². The van der Waals surface area contributed by atoms with E-state index in [9.17, 15) is 4.79 Å². The maximum atomic E-state index is 12.4. The number of halogens is 2. The molecule has 2 aromatic heterocycles. The molecule has 9 nitrogen and oxygen atoms in total. The number of aromatic amines is 2. The van der Waals surface area contributed by atoms with E-state index in [2.05, 4.69) is 30.4 Å². The third kappa shape index (κ3) is 3.17. The fraction of sp³-hybridized carbons (Fsp3) is 0. The minimum atomic E-state index is -0.348. The van der Waals surface area contributed by atoms with Crippen LogP contribution in [0.5, 0.6) is 0 Å². The number of fused-ring (bicyclic) bond motifs is 1. The summed E-state index contributed by atoms with van der Waals surface area (Å²) in [6.07, 6.45) is 0. The number of nitrogen functional groups attached to an aromatic ring is 2. The molecule has 4 aromatic rings. The van der Waals surface area contributed by atoms with Crippen molar-refractivity contribution in [3.05, 3.63) is 56.8 Å². The van der Waals surface area contributed by atoms with Gasteiger partial charge in [-0.05, 0) is 24.3 Å². The zero-order valence-electron chi connectivity index (χ0n) is 14.1. The maximum Gasteiger partial charge on any atom is 0.274 e. The van der Waals surface area contributed by atoms with Crippen LogP contribution in [0.25, 0.3) is 22.3 Å². The van der Waals surface area contributed by atoms with Crippen molar-refractivity contribution < 1.29 is 0 Å². The molecule has 140 valence electrons. The van der Waals surface area contributed by atoms with Crippen LogP contribution in [-0.4, -0.2) is 20.2 Å². The average molecular weight is 415 g/mol. The molecule has 28 heavy (non-hydrogen) atoms. The SMILES string of the molecule is Nc1n[nH]c(N)c1N=Nc1ccc(-c2nc3c(Cl)c(Cl)ccc3[nH]c2=O)cc1. The molecule has 6 N–H and O–H groups in total. The molecule has 0 bridgehead atoms. The number of nitrogens with two attached hydrogens (primary N) is 2. The number of hydrogen-bond donors (Lipinski definition) is 4. The summed E-state index contributed by atoms with van der Waals surface area (Å²) in [5.41, 5.74) is 13.5. The predicted molar refractivity (Wildman–Crippen MR) is 109 cm³/mol. The van der Waals surface area contributed by atoms with Gasteiger partial charge >= 0.3 is 0 Å². The largest absolute Gasteiger partial charge is 0.382 e. The number of anilines is 2. The molecule has 0 unspecified atom stereocenters. The van der Waals surface area contributed by atoms with Gasteiger partial charge in [0, 0.05) is 5.56 Å². The van der Waals surface area contributed by atoms with Crippen LogP contribution in [0.4, 0.5) is 23.0 Å². The second kappa shape index (κ2) is 6.95. The van der Waals surface area contributed by atoms with E-state index in [1.54, 1.807) is 36.4 Å². The van der Waals surface area contributed by atoms with Gasteiger partial charge in [-0.15, -0.1) is 5.11 Å². The van der Waals surface area contributed by atoms with Gasteiger partial charge in [-0.25, -0.2) is 4.98 Å². The van der Waals surface area contributed by atoms with Crippen LogP contribution < -0.4 is 17.0 Å². The molecule has 0 spiro atoms. The predicted octanol–water partition coefficient (Wildman–Crippen LogP) is 4.20. The van der Waals surface area contributed by atoms with Crippen LogP contribution in [0, 0.1) is 0 Å². The second-order valence-electron chi connectivity index (χ2n) is 5.79. The van der Waals surface area contributed by atoms with Crippen molar-refractivity contribution in [2.24, 2.45) is 10.2 Å². The quantitative estimate of drug-likeness (QED) is 0.370. The summed E-state index contributed by atoms with van der Waals surface area (Å²) in [6.45, 7) is 0. The number of rotatable bonds is 3.